The number of thioether (sulfide) groups is 1. The Kier molecular flexibility index (Phi) is 4.23. The minimum Gasteiger partial charge on any atom is -0.295 e. The van der Waals surface area contributed by atoms with E-state index in [4.69, 9.17) is 12.2 Å². The maximum atomic E-state index is 12.6. The zero-order chi connectivity index (χ0) is 16.6. The van der Waals surface area contributed by atoms with Crippen molar-refractivity contribution in [1.82, 2.24) is 14.7 Å². The smallest absolute Gasteiger partial charge is 0.278 e. The SMILES string of the molecule is CCN1C(=O)C(=Cc2c(C)[nH]n(-c3ccccc3)c2=O)SC1=S. The van der Waals surface area contributed by atoms with Crippen LogP contribution in [0.5, 0.6) is 0 Å². The summed E-state index contributed by atoms with van der Waals surface area (Å²) < 4.78 is 2.00. The van der Waals surface area contributed by atoms with Crippen molar-refractivity contribution in [3.8, 4) is 5.69 Å². The molecule has 7 heteroatoms. The first-order valence-corrected chi connectivity index (χ1v) is 8.37. The van der Waals surface area contributed by atoms with Crippen molar-refractivity contribution in [3.63, 3.8) is 0 Å². The third-order valence-corrected chi connectivity index (χ3v) is 4.97. The van der Waals surface area contributed by atoms with Crippen LogP contribution in [0.3, 0.4) is 0 Å². The Balaban J connectivity index is 2.04. The molecule has 3 rings (SSSR count). The predicted octanol–water partition coefficient (Wildman–Crippen LogP) is 2.70. The van der Waals surface area contributed by atoms with Gasteiger partial charge in [0.1, 0.15) is 4.32 Å². The Bertz CT molecular complexity index is 865. The number of aromatic amines is 1. The zero-order valence-corrected chi connectivity index (χ0v) is 14.3. The van der Waals surface area contributed by atoms with Crippen LogP contribution in [0, 0.1) is 6.92 Å². The molecule has 1 aliphatic rings. The molecule has 1 N–H and O–H groups in total. The molecular weight excluding hydrogens is 330 g/mol. The molecule has 0 radical (unpaired) electrons. The van der Waals surface area contributed by atoms with Crippen LogP contribution in [0.1, 0.15) is 18.2 Å². The number of carbonyl (C=O) groups excluding carboxylic acids is 1. The second-order valence-corrected chi connectivity index (χ2v) is 6.73. The van der Waals surface area contributed by atoms with E-state index in [1.54, 1.807) is 6.08 Å². The number of hydrogen-bond donors (Lipinski definition) is 1. The van der Waals surface area contributed by atoms with E-state index in [-0.39, 0.29) is 11.5 Å². The maximum Gasteiger partial charge on any atom is 0.278 e. The molecule has 1 aromatic carbocycles. The minimum absolute atomic E-state index is 0.145. The standard InChI is InChI=1S/C16H15N3O2S2/c1-3-18-15(21)13(23-16(18)22)9-12-10(2)17-19(14(12)20)11-7-5-4-6-8-11/h4-9,17H,3H2,1-2H3. The third-order valence-electron chi connectivity index (χ3n) is 3.60. The third kappa shape index (κ3) is 2.77. The van der Waals surface area contributed by atoms with E-state index in [0.29, 0.717) is 27.0 Å². The fourth-order valence-corrected chi connectivity index (χ4v) is 3.76. The average Bonchev–Trinajstić information content (AvgIpc) is 2.98. The molecule has 1 aromatic heterocycles. The number of amides is 1. The monoisotopic (exact) mass is 345 g/mol. The van der Waals surface area contributed by atoms with E-state index in [1.165, 1.54) is 21.3 Å². The lowest BCUT2D eigenvalue weighted by Crippen LogP contribution is -2.27. The van der Waals surface area contributed by atoms with Gasteiger partial charge in [0.2, 0.25) is 0 Å². The quantitative estimate of drug-likeness (QED) is 0.686. The Morgan fingerprint density at radius 1 is 1.26 bits per heavy atom. The summed E-state index contributed by atoms with van der Waals surface area (Å²) in [5, 5.41) is 3.05. The second kappa shape index (κ2) is 6.17. The molecule has 118 valence electrons. The number of likely N-dealkylation sites (N-methyl/N-ethyl adjacent to an activating group) is 1. The molecule has 2 aromatic rings. The van der Waals surface area contributed by atoms with E-state index >= 15 is 0 Å². The van der Waals surface area contributed by atoms with Crippen molar-refractivity contribution in [2.24, 2.45) is 0 Å². The van der Waals surface area contributed by atoms with Crippen LogP contribution in [0.25, 0.3) is 11.8 Å². The van der Waals surface area contributed by atoms with E-state index in [9.17, 15) is 9.59 Å². The van der Waals surface area contributed by atoms with Crippen LogP contribution in [-0.2, 0) is 4.79 Å². The molecule has 1 saturated heterocycles. The van der Waals surface area contributed by atoms with Gasteiger partial charge < -0.3 is 0 Å². The molecule has 0 aliphatic carbocycles. The van der Waals surface area contributed by atoms with Gasteiger partial charge in [-0.1, -0.05) is 42.2 Å². The van der Waals surface area contributed by atoms with E-state index < -0.39 is 0 Å². The number of aryl methyl sites for hydroxylation is 1. The molecule has 1 aliphatic heterocycles. The fraction of sp³-hybridized carbons (Fsp3) is 0.188. The van der Waals surface area contributed by atoms with Crippen LogP contribution in [-0.4, -0.2) is 31.5 Å². The number of rotatable bonds is 3. The van der Waals surface area contributed by atoms with Crippen molar-refractivity contribution in [2.75, 3.05) is 6.54 Å². The van der Waals surface area contributed by atoms with Crippen LogP contribution in [0.15, 0.2) is 40.0 Å². The normalized spacial score (nSPS) is 16.6. The van der Waals surface area contributed by atoms with Gasteiger partial charge in [-0.05, 0) is 32.1 Å². The summed E-state index contributed by atoms with van der Waals surface area (Å²) in [7, 11) is 0. The molecule has 0 spiro atoms. The van der Waals surface area contributed by atoms with Crippen molar-refractivity contribution in [1.29, 1.82) is 0 Å². The highest BCUT2D eigenvalue weighted by atomic mass is 32.2. The van der Waals surface area contributed by atoms with Gasteiger partial charge >= 0.3 is 0 Å². The van der Waals surface area contributed by atoms with Crippen molar-refractivity contribution < 1.29 is 4.79 Å². The molecule has 0 atom stereocenters. The van der Waals surface area contributed by atoms with E-state index in [1.807, 2.05) is 44.2 Å². The fourth-order valence-electron chi connectivity index (χ4n) is 2.39. The molecule has 1 fully saturated rings. The molecule has 5 nitrogen and oxygen atoms in total. The predicted molar refractivity (Wildman–Crippen MR) is 96.7 cm³/mol. The molecular formula is C16H15N3O2S2. The highest BCUT2D eigenvalue weighted by Gasteiger charge is 2.31. The lowest BCUT2D eigenvalue weighted by molar-refractivity contribution is -0.121. The van der Waals surface area contributed by atoms with Crippen LogP contribution in [0.4, 0.5) is 0 Å². The van der Waals surface area contributed by atoms with Gasteiger partial charge in [0, 0.05) is 12.2 Å². The number of aromatic nitrogens is 2. The van der Waals surface area contributed by atoms with Gasteiger partial charge in [-0.3, -0.25) is 19.6 Å². The lowest BCUT2D eigenvalue weighted by Gasteiger charge is -2.09. The van der Waals surface area contributed by atoms with Crippen LogP contribution < -0.4 is 5.56 Å². The first kappa shape index (κ1) is 15.8. The van der Waals surface area contributed by atoms with Gasteiger partial charge in [-0.15, -0.1) is 0 Å². The van der Waals surface area contributed by atoms with Gasteiger partial charge in [0.15, 0.2) is 0 Å². The zero-order valence-electron chi connectivity index (χ0n) is 12.7. The van der Waals surface area contributed by atoms with Crippen LogP contribution in [0.2, 0.25) is 0 Å². The Morgan fingerprint density at radius 3 is 2.57 bits per heavy atom. The number of nitrogens with zero attached hydrogens (tertiary/aromatic N) is 2. The average molecular weight is 345 g/mol. The number of H-pyrrole nitrogens is 1. The second-order valence-electron chi connectivity index (χ2n) is 5.05. The van der Waals surface area contributed by atoms with Crippen molar-refractivity contribution >= 4 is 40.3 Å². The van der Waals surface area contributed by atoms with Crippen molar-refractivity contribution in [2.45, 2.75) is 13.8 Å². The minimum atomic E-state index is -0.185. The summed E-state index contributed by atoms with van der Waals surface area (Å²) in [6.45, 7) is 4.22. The number of para-hydroxylation sites is 1. The largest absolute Gasteiger partial charge is 0.295 e. The topological polar surface area (TPSA) is 58.1 Å². The Morgan fingerprint density at radius 2 is 1.96 bits per heavy atom. The first-order chi connectivity index (χ1) is 11.0. The highest BCUT2D eigenvalue weighted by Crippen LogP contribution is 2.32. The number of thiocarbonyl (C=S) groups is 1. The summed E-state index contributed by atoms with van der Waals surface area (Å²) in [5.41, 5.74) is 1.75. The summed E-state index contributed by atoms with van der Waals surface area (Å²) >= 11 is 6.42. The number of carbonyl (C=O) groups is 1. The Labute approximate surface area is 143 Å². The lowest BCUT2D eigenvalue weighted by atomic mass is 10.2. The molecule has 0 unspecified atom stereocenters. The first-order valence-electron chi connectivity index (χ1n) is 7.15. The summed E-state index contributed by atoms with van der Waals surface area (Å²) in [4.78, 5) is 26.9. The van der Waals surface area contributed by atoms with Gasteiger partial charge in [0.25, 0.3) is 11.5 Å². The molecule has 0 bridgehead atoms. The summed E-state index contributed by atoms with van der Waals surface area (Å²) in [5.74, 6) is -0.145. The number of benzene rings is 1. The summed E-state index contributed by atoms with van der Waals surface area (Å²) in [6.07, 6.45) is 1.63. The molecule has 2 heterocycles. The highest BCUT2D eigenvalue weighted by molar-refractivity contribution is 8.26. The molecule has 0 saturated carbocycles. The van der Waals surface area contributed by atoms with Gasteiger partial charge in [-0.2, -0.15) is 0 Å². The van der Waals surface area contributed by atoms with Gasteiger partial charge in [0.05, 0.1) is 16.2 Å². The van der Waals surface area contributed by atoms with E-state index in [0.717, 1.165) is 5.69 Å². The number of hydrogen-bond acceptors (Lipinski definition) is 4. The van der Waals surface area contributed by atoms with Crippen LogP contribution >= 0.6 is 24.0 Å². The molecule has 23 heavy (non-hydrogen) atoms. The summed E-state index contributed by atoms with van der Waals surface area (Å²) in [6, 6.07) is 9.31. The molecule has 1 amide bonds. The van der Waals surface area contributed by atoms with E-state index in [2.05, 4.69) is 5.10 Å². The number of nitrogens with one attached hydrogen (secondary N) is 1. The maximum absolute atomic E-state index is 12.6. The van der Waals surface area contributed by atoms with Crippen molar-refractivity contribution in [3.05, 3.63) is 56.8 Å². The van der Waals surface area contributed by atoms with Gasteiger partial charge in [-0.25, -0.2) is 4.68 Å². The Hall–Kier alpha value is -2.12.